The number of nitrogens with one attached hydrogen (secondary N) is 2. The van der Waals surface area contributed by atoms with Gasteiger partial charge in [-0.2, -0.15) is 0 Å². The maximum Gasteiger partial charge on any atom is 0.271 e. The van der Waals surface area contributed by atoms with Gasteiger partial charge in [-0.3, -0.25) is 15.4 Å². The van der Waals surface area contributed by atoms with Crippen LogP contribution in [0.25, 0.3) is 0 Å². The number of aliphatic hydroxyl groups excluding tert-OH is 2. The summed E-state index contributed by atoms with van der Waals surface area (Å²) in [6, 6.07) is 0. The Labute approximate surface area is 95.7 Å². The van der Waals surface area contributed by atoms with Gasteiger partial charge in [-0.25, -0.2) is 5.06 Å². The Hall–Kier alpha value is -1.57. The molecule has 0 aromatic carbocycles. The Morgan fingerprint density at radius 1 is 1.69 bits per heavy atom. The van der Waals surface area contributed by atoms with E-state index in [1.165, 1.54) is 7.05 Å². The van der Waals surface area contributed by atoms with Crippen molar-refractivity contribution in [2.24, 2.45) is 0 Å². The van der Waals surface area contributed by atoms with Gasteiger partial charge in [0.1, 0.15) is 17.5 Å². The van der Waals surface area contributed by atoms with Crippen LogP contribution in [0, 0.1) is 5.41 Å². The molecular weight excluding hydrogens is 238 g/mol. The number of hydrogen-bond acceptors (Lipinski definition) is 6. The van der Waals surface area contributed by atoms with E-state index in [4.69, 9.17) is 17.0 Å². The van der Waals surface area contributed by atoms with E-state index in [0.717, 1.165) is 6.08 Å². The standard InChI is InChI=1S/C8H10ClN3O4/c1-11-8(15)5(10)3-2-4(13)6(14)7(9)12(3)16/h2,4,10,13-14,16H,1H3,(H,11,15). The van der Waals surface area contributed by atoms with Crippen molar-refractivity contribution in [2.45, 2.75) is 6.10 Å². The van der Waals surface area contributed by atoms with E-state index < -0.39 is 28.6 Å². The highest BCUT2D eigenvalue weighted by molar-refractivity contribution is 6.44. The fourth-order valence-corrected chi connectivity index (χ4v) is 1.27. The Morgan fingerprint density at radius 3 is 2.75 bits per heavy atom. The Balaban J connectivity index is 3.05. The van der Waals surface area contributed by atoms with Crippen molar-refractivity contribution in [3.05, 3.63) is 22.7 Å². The molecule has 0 fully saturated rings. The fraction of sp³-hybridized carbons (Fsp3) is 0.250. The average molecular weight is 248 g/mol. The lowest BCUT2D eigenvalue weighted by atomic mass is 10.1. The van der Waals surface area contributed by atoms with Gasteiger partial charge >= 0.3 is 0 Å². The minimum absolute atomic E-state index is 0.251. The maximum atomic E-state index is 11.1. The van der Waals surface area contributed by atoms with Crippen molar-refractivity contribution < 1.29 is 20.2 Å². The molecule has 1 unspecified atom stereocenters. The SMILES string of the molecule is CNC(=O)C(=N)C1=CC(O)C(O)=C(Cl)N1O. The largest absolute Gasteiger partial charge is 0.506 e. The third kappa shape index (κ3) is 2.01. The van der Waals surface area contributed by atoms with Gasteiger partial charge in [0.15, 0.2) is 10.9 Å². The van der Waals surface area contributed by atoms with Crippen molar-refractivity contribution >= 4 is 23.2 Å². The van der Waals surface area contributed by atoms with Crippen molar-refractivity contribution in [3.63, 3.8) is 0 Å². The Bertz CT molecular complexity index is 404. The summed E-state index contributed by atoms with van der Waals surface area (Å²) in [5, 5.41) is 37.2. The normalized spacial score (nSPS) is 20.6. The van der Waals surface area contributed by atoms with Crippen LogP contribution in [-0.2, 0) is 4.79 Å². The zero-order chi connectivity index (χ0) is 12.5. The lowest BCUT2D eigenvalue weighted by Gasteiger charge is -2.25. The minimum Gasteiger partial charge on any atom is -0.506 e. The first-order chi connectivity index (χ1) is 7.40. The van der Waals surface area contributed by atoms with Gasteiger partial charge in [0, 0.05) is 7.05 Å². The number of halogens is 1. The molecule has 5 N–H and O–H groups in total. The zero-order valence-corrected chi connectivity index (χ0v) is 8.99. The molecule has 8 heteroatoms. The first-order valence-corrected chi connectivity index (χ1v) is 4.56. The molecule has 1 amide bonds. The molecule has 0 bridgehead atoms. The number of amides is 1. The van der Waals surface area contributed by atoms with Crippen LogP contribution in [0.5, 0.6) is 0 Å². The van der Waals surface area contributed by atoms with E-state index in [1.54, 1.807) is 0 Å². The predicted molar refractivity (Wildman–Crippen MR) is 55.0 cm³/mol. The number of aliphatic hydroxyl groups is 2. The van der Waals surface area contributed by atoms with Crippen LogP contribution in [0.4, 0.5) is 0 Å². The molecule has 0 saturated carbocycles. The van der Waals surface area contributed by atoms with Gasteiger partial charge in [-0.05, 0) is 6.08 Å². The first kappa shape index (κ1) is 12.5. The summed E-state index contributed by atoms with van der Waals surface area (Å²) in [4.78, 5) is 11.1. The molecule has 0 saturated heterocycles. The number of hydrogen-bond donors (Lipinski definition) is 5. The second kappa shape index (κ2) is 4.52. The van der Waals surface area contributed by atoms with Crippen molar-refractivity contribution in [1.29, 1.82) is 5.41 Å². The van der Waals surface area contributed by atoms with Crippen molar-refractivity contribution in [2.75, 3.05) is 7.05 Å². The number of nitrogens with zero attached hydrogens (tertiary/aromatic N) is 1. The van der Waals surface area contributed by atoms with Crippen LogP contribution in [0.15, 0.2) is 22.7 Å². The molecule has 1 aliphatic heterocycles. The van der Waals surface area contributed by atoms with Gasteiger partial charge in [-0.1, -0.05) is 11.6 Å². The summed E-state index contributed by atoms with van der Waals surface area (Å²) < 4.78 is 0. The molecule has 16 heavy (non-hydrogen) atoms. The van der Waals surface area contributed by atoms with Crippen LogP contribution in [0.2, 0.25) is 0 Å². The molecular formula is C8H10ClN3O4. The number of hydroxylamine groups is 2. The van der Waals surface area contributed by atoms with Crippen molar-refractivity contribution in [3.8, 4) is 0 Å². The van der Waals surface area contributed by atoms with Crippen LogP contribution in [-0.4, -0.2) is 45.3 Å². The van der Waals surface area contributed by atoms with Crippen molar-refractivity contribution in [1.82, 2.24) is 10.4 Å². The molecule has 7 nitrogen and oxygen atoms in total. The predicted octanol–water partition coefficient (Wildman–Crippen LogP) is -0.332. The van der Waals surface area contributed by atoms with Crippen LogP contribution < -0.4 is 5.32 Å². The van der Waals surface area contributed by atoms with Crippen LogP contribution >= 0.6 is 11.6 Å². The second-order valence-corrected chi connectivity index (χ2v) is 3.30. The number of carbonyl (C=O) groups excluding carboxylic acids is 1. The molecule has 0 aliphatic carbocycles. The highest BCUT2D eigenvalue weighted by Gasteiger charge is 2.30. The summed E-state index contributed by atoms with van der Waals surface area (Å²) in [6.45, 7) is 0. The molecule has 88 valence electrons. The maximum absolute atomic E-state index is 11.1. The quantitative estimate of drug-likeness (QED) is 0.338. The van der Waals surface area contributed by atoms with E-state index in [9.17, 15) is 20.2 Å². The first-order valence-electron chi connectivity index (χ1n) is 4.18. The molecule has 0 aromatic rings. The van der Waals surface area contributed by atoms with E-state index in [1.807, 2.05) is 0 Å². The van der Waals surface area contributed by atoms with Crippen LogP contribution in [0.3, 0.4) is 0 Å². The Morgan fingerprint density at radius 2 is 2.25 bits per heavy atom. The van der Waals surface area contributed by atoms with E-state index in [2.05, 4.69) is 5.32 Å². The summed E-state index contributed by atoms with van der Waals surface area (Å²) in [5.41, 5.74) is -0.899. The average Bonchev–Trinajstić information content (AvgIpc) is 2.29. The van der Waals surface area contributed by atoms with Gasteiger partial charge in [-0.15, -0.1) is 0 Å². The fourth-order valence-electron chi connectivity index (χ4n) is 1.07. The minimum atomic E-state index is -1.46. The lowest BCUT2D eigenvalue weighted by Crippen LogP contribution is -2.37. The summed E-state index contributed by atoms with van der Waals surface area (Å²) >= 11 is 5.48. The van der Waals surface area contributed by atoms with Gasteiger partial charge in [0.05, 0.1) is 0 Å². The van der Waals surface area contributed by atoms with Gasteiger partial charge in [0.25, 0.3) is 5.91 Å². The topological polar surface area (TPSA) is 117 Å². The van der Waals surface area contributed by atoms with E-state index in [-0.39, 0.29) is 10.8 Å². The molecule has 1 aliphatic rings. The van der Waals surface area contributed by atoms with Gasteiger partial charge < -0.3 is 15.5 Å². The molecule has 0 radical (unpaired) electrons. The van der Waals surface area contributed by atoms with E-state index in [0.29, 0.717) is 0 Å². The summed E-state index contributed by atoms with van der Waals surface area (Å²) in [7, 11) is 1.31. The van der Waals surface area contributed by atoms with Crippen LogP contribution in [0.1, 0.15) is 0 Å². The van der Waals surface area contributed by atoms with E-state index >= 15 is 0 Å². The highest BCUT2D eigenvalue weighted by atomic mass is 35.5. The third-order valence-electron chi connectivity index (χ3n) is 1.93. The smallest absolute Gasteiger partial charge is 0.271 e. The molecule has 1 atom stereocenters. The summed E-state index contributed by atoms with van der Waals surface area (Å²) in [5.74, 6) is -1.42. The molecule has 1 rings (SSSR count). The number of rotatable bonds is 2. The zero-order valence-electron chi connectivity index (χ0n) is 8.23. The monoisotopic (exact) mass is 247 g/mol. The lowest BCUT2D eigenvalue weighted by molar-refractivity contribution is -0.114. The summed E-state index contributed by atoms with van der Waals surface area (Å²) in [6.07, 6.45) is -0.533. The molecule has 0 spiro atoms. The Kier molecular flexibility index (Phi) is 3.53. The molecule has 0 aromatic heterocycles. The number of carbonyl (C=O) groups is 1. The third-order valence-corrected chi connectivity index (χ3v) is 2.29. The highest BCUT2D eigenvalue weighted by Crippen LogP contribution is 2.25. The van der Waals surface area contributed by atoms with Gasteiger partial charge in [0.2, 0.25) is 0 Å². The second-order valence-electron chi connectivity index (χ2n) is 2.94. The molecule has 1 heterocycles.